The van der Waals surface area contributed by atoms with Gasteiger partial charge in [0.2, 0.25) is 0 Å². The topological polar surface area (TPSA) is 42.5 Å². The highest BCUT2D eigenvalue weighted by Crippen LogP contribution is 1.57. The van der Waals surface area contributed by atoms with Gasteiger partial charge in [-0.15, -0.1) is 0 Å². The molecule has 0 bridgehead atoms. The van der Waals surface area contributed by atoms with E-state index in [1.54, 1.807) is 0 Å². The first kappa shape index (κ1) is 8.08. The Hall–Kier alpha value is -0.920. The molecule has 0 aromatic rings. The van der Waals surface area contributed by atoms with Crippen molar-refractivity contribution >= 4 is 0 Å². The highest BCUT2D eigenvalue weighted by molar-refractivity contribution is 4.88. The Morgan fingerprint density at radius 1 is 1.33 bits per heavy atom. The van der Waals surface area contributed by atoms with Crippen LogP contribution in [0.5, 0.6) is 0 Å². The van der Waals surface area contributed by atoms with Crippen LogP contribution < -0.4 is 11.0 Å². The van der Waals surface area contributed by atoms with Crippen LogP contribution in [0.25, 0.3) is 0 Å². The average Bonchev–Trinajstić information content (AvgIpc) is 1.89. The van der Waals surface area contributed by atoms with E-state index in [4.69, 9.17) is 0 Å². The van der Waals surface area contributed by atoms with Gasteiger partial charge in [0.1, 0.15) is 0 Å². The Morgan fingerprint density at radius 3 is 2.56 bits per heavy atom. The summed E-state index contributed by atoms with van der Waals surface area (Å²) in [4.78, 5) is 9.06. The van der Waals surface area contributed by atoms with Crippen molar-refractivity contribution in [3.8, 4) is 12.1 Å². The number of nitrogens with one attached hydrogen (secondary N) is 2. The fraction of sp³-hybridized carbons (Fsp3) is 0.600. The third-order valence-electron chi connectivity index (χ3n) is 0.483. The molecule has 0 aliphatic carbocycles. The molecule has 0 aliphatic rings. The number of rotatable bonds is 3. The molecule has 52 valence electrons. The quantitative estimate of drug-likeness (QED) is 0.236. The maximum absolute atomic E-state index is 4.66. The van der Waals surface area contributed by atoms with Gasteiger partial charge < -0.3 is 0 Å². The molecular formula is C5H10N2O2. The lowest BCUT2D eigenvalue weighted by Crippen LogP contribution is -2.09. The summed E-state index contributed by atoms with van der Waals surface area (Å²) in [6.45, 7) is 2.44. The van der Waals surface area contributed by atoms with Gasteiger partial charge in [0.25, 0.3) is 0 Å². The zero-order valence-corrected chi connectivity index (χ0v) is 5.52. The van der Waals surface area contributed by atoms with Gasteiger partial charge in [-0.25, -0.2) is 11.0 Å². The summed E-state index contributed by atoms with van der Waals surface area (Å²) in [5.41, 5.74) is 4.67. The normalized spacial score (nSPS) is 7.33. The highest BCUT2D eigenvalue weighted by atomic mass is 16.6. The molecule has 0 fully saturated rings. The highest BCUT2D eigenvalue weighted by Gasteiger charge is 1.68. The fourth-order valence-electron chi connectivity index (χ4n) is 0.210. The predicted octanol–water partition coefficient (Wildman–Crippen LogP) is -0.403. The number of hydrogen-bond acceptors (Lipinski definition) is 4. The Bertz CT molecular complexity index is 105. The van der Waals surface area contributed by atoms with Gasteiger partial charge in [0.15, 0.2) is 0 Å². The van der Waals surface area contributed by atoms with Crippen molar-refractivity contribution in [3.05, 3.63) is 0 Å². The van der Waals surface area contributed by atoms with E-state index >= 15 is 0 Å². The lowest BCUT2D eigenvalue weighted by Gasteiger charge is -1.92. The van der Waals surface area contributed by atoms with Crippen LogP contribution >= 0.6 is 0 Å². The second kappa shape index (κ2) is 7.08. The summed E-state index contributed by atoms with van der Waals surface area (Å²) in [5, 5.41) is 0. The summed E-state index contributed by atoms with van der Waals surface area (Å²) in [7, 11) is 1.48. The molecule has 4 heteroatoms. The van der Waals surface area contributed by atoms with Gasteiger partial charge in [0, 0.05) is 0 Å². The molecule has 0 aliphatic heterocycles. The molecular weight excluding hydrogens is 120 g/mol. The molecule has 0 rings (SSSR count). The van der Waals surface area contributed by atoms with Gasteiger partial charge in [-0.3, -0.25) is 9.68 Å². The average molecular weight is 130 g/mol. The first-order valence-electron chi connectivity index (χ1n) is 2.56. The van der Waals surface area contributed by atoms with Crippen molar-refractivity contribution in [1.82, 2.24) is 11.0 Å². The van der Waals surface area contributed by atoms with Crippen molar-refractivity contribution in [3.63, 3.8) is 0 Å². The third-order valence-corrected chi connectivity index (χ3v) is 0.483. The minimum Gasteiger partial charge on any atom is -0.272 e. The molecule has 0 atom stereocenters. The lowest BCUT2D eigenvalue weighted by molar-refractivity contribution is 0.0882. The van der Waals surface area contributed by atoms with E-state index in [1.807, 2.05) is 6.92 Å². The first-order valence-corrected chi connectivity index (χ1v) is 2.56. The Labute approximate surface area is 54.4 Å². The summed E-state index contributed by atoms with van der Waals surface area (Å²) in [6.07, 6.45) is 0. The van der Waals surface area contributed by atoms with E-state index in [0.29, 0.717) is 6.61 Å². The molecule has 0 aromatic heterocycles. The monoisotopic (exact) mass is 130 g/mol. The second-order valence-electron chi connectivity index (χ2n) is 1.09. The molecule has 0 amide bonds. The van der Waals surface area contributed by atoms with E-state index < -0.39 is 0 Å². The van der Waals surface area contributed by atoms with E-state index in [1.165, 1.54) is 7.11 Å². The van der Waals surface area contributed by atoms with Crippen LogP contribution in [-0.2, 0) is 9.68 Å². The molecule has 0 saturated carbocycles. The van der Waals surface area contributed by atoms with E-state index in [2.05, 4.69) is 32.7 Å². The largest absolute Gasteiger partial charge is 0.272 e. The molecule has 0 radical (unpaired) electrons. The van der Waals surface area contributed by atoms with Crippen molar-refractivity contribution in [2.75, 3.05) is 13.7 Å². The number of hydroxylamine groups is 2. The van der Waals surface area contributed by atoms with Gasteiger partial charge in [-0.2, -0.15) is 0 Å². The van der Waals surface area contributed by atoms with Gasteiger partial charge in [-0.1, -0.05) is 0 Å². The smallest absolute Gasteiger partial charge is 0.0725 e. The Kier molecular flexibility index (Phi) is 6.36. The van der Waals surface area contributed by atoms with Gasteiger partial charge >= 0.3 is 0 Å². The zero-order valence-electron chi connectivity index (χ0n) is 5.52. The molecule has 4 nitrogen and oxygen atoms in total. The predicted molar refractivity (Wildman–Crippen MR) is 32.7 cm³/mol. The lowest BCUT2D eigenvalue weighted by atomic mass is 10.9. The van der Waals surface area contributed by atoms with Crippen LogP contribution in [0.2, 0.25) is 0 Å². The molecule has 0 saturated heterocycles. The maximum atomic E-state index is 4.66. The molecule has 0 heterocycles. The Balaban J connectivity index is 2.96. The molecule has 9 heavy (non-hydrogen) atoms. The maximum Gasteiger partial charge on any atom is 0.0725 e. The van der Waals surface area contributed by atoms with Crippen LogP contribution in [0.15, 0.2) is 0 Å². The van der Waals surface area contributed by atoms with Crippen molar-refractivity contribution in [1.29, 1.82) is 0 Å². The third kappa shape index (κ3) is 7.08. The van der Waals surface area contributed by atoms with Crippen molar-refractivity contribution in [2.24, 2.45) is 0 Å². The summed E-state index contributed by atoms with van der Waals surface area (Å²) in [5.74, 6) is 0. The molecule has 0 aromatic carbocycles. The molecule has 2 N–H and O–H groups in total. The summed E-state index contributed by atoms with van der Waals surface area (Å²) < 4.78 is 0. The zero-order chi connectivity index (χ0) is 6.95. The van der Waals surface area contributed by atoms with E-state index in [0.717, 1.165) is 0 Å². The van der Waals surface area contributed by atoms with Crippen LogP contribution in [-0.4, -0.2) is 13.7 Å². The van der Waals surface area contributed by atoms with Crippen molar-refractivity contribution < 1.29 is 9.68 Å². The SMILES string of the molecule is CCONC#CNOC. The van der Waals surface area contributed by atoms with Gasteiger partial charge in [0.05, 0.1) is 25.8 Å². The second-order valence-corrected chi connectivity index (χ2v) is 1.09. The number of hydrogen-bond donors (Lipinski definition) is 2. The molecule has 0 spiro atoms. The molecule has 0 unspecified atom stereocenters. The van der Waals surface area contributed by atoms with Gasteiger partial charge in [-0.05, 0) is 6.92 Å². The van der Waals surface area contributed by atoms with Crippen LogP contribution in [0.3, 0.4) is 0 Å². The fourth-order valence-corrected chi connectivity index (χ4v) is 0.210. The van der Waals surface area contributed by atoms with Crippen LogP contribution in [0.4, 0.5) is 0 Å². The van der Waals surface area contributed by atoms with Crippen molar-refractivity contribution in [2.45, 2.75) is 6.92 Å². The summed E-state index contributed by atoms with van der Waals surface area (Å²) in [6, 6.07) is 4.84. The Morgan fingerprint density at radius 2 is 2.00 bits per heavy atom. The summed E-state index contributed by atoms with van der Waals surface area (Å²) >= 11 is 0. The first-order chi connectivity index (χ1) is 4.41. The van der Waals surface area contributed by atoms with Crippen LogP contribution in [0, 0.1) is 12.1 Å². The minimum atomic E-state index is 0.585. The van der Waals surface area contributed by atoms with E-state index in [9.17, 15) is 0 Å². The van der Waals surface area contributed by atoms with Crippen LogP contribution in [0.1, 0.15) is 6.92 Å². The minimum absolute atomic E-state index is 0.585. The standard InChI is InChI=1S/C5H10N2O2/c1-3-9-7-5-4-6-8-2/h6-7H,3H2,1-2H3. The van der Waals surface area contributed by atoms with E-state index in [-0.39, 0.29) is 0 Å².